The fourth-order valence-electron chi connectivity index (χ4n) is 3.12. The van der Waals surface area contributed by atoms with E-state index in [2.05, 4.69) is 62.9 Å². The zero-order valence-electron chi connectivity index (χ0n) is 11.7. The van der Waals surface area contributed by atoms with E-state index in [-0.39, 0.29) is 0 Å². The maximum atomic E-state index is 4.30. The monoisotopic (exact) mass is 248 g/mol. The van der Waals surface area contributed by atoms with Crippen LogP contribution >= 0.6 is 0 Å². The molecular weight excluding hydrogens is 228 g/mol. The van der Waals surface area contributed by atoms with Gasteiger partial charge in [-0.3, -0.25) is 0 Å². The molecule has 1 aliphatic rings. The van der Waals surface area contributed by atoms with Gasteiger partial charge in [0, 0.05) is 5.92 Å². The zero-order valence-corrected chi connectivity index (χ0v) is 11.7. The first kappa shape index (κ1) is 12.2. The second-order valence-corrected chi connectivity index (χ2v) is 5.78. The van der Waals surface area contributed by atoms with Gasteiger partial charge in [-0.05, 0) is 43.4 Å². The standard InChI is InChI=1S/C19H20/c1-13-5-4-6-16(9-13)12-18-15(3)11-17-8-7-14(2)10-19(17)18/h4-10,18H,3,11-12H2,1-2H3. The third-order valence-corrected chi connectivity index (χ3v) is 4.11. The lowest BCUT2D eigenvalue weighted by Crippen LogP contribution is -2.01. The van der Waals surface area contributed by atoms with Crippen molar-refractivity contribution in [2.45, 2.75) is 32.6 Å². The summed E-state index contributed by atoms with van der Waals surface area (Å²) in [5.74, 6) is 0.497. The molecule has 96 valence electrons. The summed E-state index contributed by atoms with van der Waals surface area (Å²) < 4.78 is 0. The van der Waals surface area contributed by atoms with E-state index in [9.17, 15) is 0 Å². The SMILES string of the molecule is C=C1Cc2ccc(C)cc2C1Cc1cccc(C)c1. The first-order valence-electron chi connectivity index (χ1n) is 6.96. The van der Waals surface area contributed by atoms with Gasteiger partial charge in [0.15, 0.2) is 0 Å². The van der Waals surface area contributed by atoms with Crippen molar-refractivity contribution in [3.05, 3.63) is 82.4 Å². The smallest absolute Gasteiger partial charge is 0.00921 e. The van der Waals surface area contributed by atoms with Crippen LogP contribution in [0.1, 0.15) is 33.7 Å². The maximum Gasteiger partial charge on any atom is 0.00921 e. The first-order valence-corrected chi connectivity index (χ1v) is 6.96. The Morgan fingerprint density at radius 1 is 1.05 bits per heavy atom. The van der Waals surface area contributed by atoms with Gasteiger partial charge in [-0.2, -0.15) is 0 Å². The molecule has 0 heteroatoms. The molecule has 0 amide bonds. The molecule has 1 unspecified atom stereocenters. The highest BCUT2D eigenvalue weighted by atomic mass is 14.3. The van der Waals surface area contributed by atoms with E-state index in [1.165, 1.54) is 33.4 Å². The van der Waals surface area contributed by atoms with E-state index in [0.717, 1.165) is 12.8 Å². The normalized spacial score (nSPS) is 17.6. The van der Waals surface area contributed by atoms with Crippen LogP contribution < -0.4 is 0 Å². The van der Waals surface area contributed by atoms with Crippen LogP contribution in [0.15, 0.2) is 54.6 Å². The van der Waals surface area contributed by atoms with Crippen LogP contribution in [0.4, 0.5) is 0 Å². The van der Waals surface area contributed by atoms with Crippen molar-refractivity contribution in [2.75, 3.05) is 0 Å². The van der Waals surface area contributed by atoms with E-state index in [1.807, 2.05) is 0 Å². The molecule has 0 saturated heterocycles. The van der Waals surface area contributed by atoms with Gasteiger partial charge < -0.3 is 0 Å². The molecule has 0 aromatic heterocycles. The number of fused-ring (bicyclic) bond motifs is 1. The van der Waals surface area contributed by atoms with Gasteiger partial charge in [0.25, 0.3) is 0 Å². The Hall–Kier alpha value is -1.82. The van der Waals surface area contributed by atoms with Crippen molar-refractivity contribution in [2.24, 2.45) is 0 Å². The lowest BCUT2D eigenvalue weighted by molar-refractivity contribution is 0.810. The number of hydrogen-bond donors (Lipinski definition) is 0. The predicted molar refractivity (Wildman–Crippen MR) is 81.6 cm³/mol. The molecule has 2 aromatic carbocycles. The molecule has 0 fully saturated rings. The van der Waals surface area contributed by atoms with Crippen LogP contribution in [0.3, 0.4) is 0 Å². The fourth-order valence-corrected chi connectivity index (χ4v) is 3.12. The largest absolute Gasteiger partial charge is 0.0989 e. The third kappa shape index (κ3) is 2.35. The van der Waals surface area contributed by atoms with Crippen molar-refractivity contribution < 1.29 is 0 Å². The van der Waals surface area contributed by atoms with Crippen molar-refractivity contribution >= 4 is 0 Å². The minimum absolute atomic E-state index is 0.497. The molecule has 3 rings (SSSR count). The van der Waals surface area contributed by atoms with Gasteiger partial charge in [0.05, 0.1) is 0 Å². The summed E-state index contributed by atoms with van der Waals surface area (Å²) in [6.07, 6.45) is 2.13. The van der Waals surface area contributed by atoms with Crippen LogP contribution in [-0.4, -0.2) is 0 Å². The number of benzene rings is 2. The van der Waals surface area contributed by atoms with Crippen LogP contribution in [0.5, 0.6) is 0 Å². The van der Waals surface area contributed by atoms with E-state index >= 15 is 0 Å². The molecule has 1 aliphatic carbocycles. The molecule has 0 spiro atoms. The minimum Gasteiger partial charge on any atom is -0.0989 e. The number of rotatable bonds is 2. The van der Waals surface area contributed by atoms with Gasteiger partial charge >= 0.3 is 0 Å². The molecule has 0 bridgehead atoms. The summed E-state index contributed by atoms with van der Waals surface area (Å²) in [4.78, 5) is 0. The molecule has 0 heterocycles. The van der Waals surface area contributed by atoms with Gasteiger partial charge in [0.1, 0.15) is 0 Å². The predicted octanol–water partition coefficient (Wildman–Crippen LogP) is 4.74. The van der Waals surface area contributed by atoms with E-state index in [0.29, 0.717) is 5.92 Å². The molecule has 19 heavy (non-hydrogen) atoms. The highest BCUT2D eigenvalue weighted by Gasteiger charge is 2.25. The van der Waals surface area contributed by atoms with Crippen LogP contribution in [0.25, 0.3) is 0 Å². The molecule has 0 aliphatic heterocycles. The first-order chi connectivity index (χ1) is 9.13. The summed E-state index contributed by atoms with van der Waals surface area (Å²) >= 11 is 0. The summed E-state index contributed by atoms with van der Waals surface area (Å²) in [5, 5.41) is 0. The second kappa shape index (κ2) is 4.70. The Balaban J connectivity index is 1.94. The molecule has 0 radical (unpaired) electrons. The van der Waals surface area contributed by atoms with Crippen LogP contribution in [0, 0.1) is 13.8 Å². The van der Waals surface area contributed by atoms with E-state index in [4.69, 9.17) is 0 Å². The van der Waals surface area contributed by atoms with E-state index in [1.54, 1.807) is 0 Å². The molecular formula is C19H20. The van der Waals surface area contributed by atoms with Crippen molar-refractivity contribution in [1.82, 2.24) is 0 Å². The Labute approximate surface area is 115 Å². The summed E-state index contributed by atoms with van der Waals surface area (Å²) in [6, 6.07) is 15.7. The summed E-state index contributed by atoms with van der Waals surface area (Å²) in [5.41, 5.74) is 8.43. The Kier molecular flexibility index (Phi) is 3.02. The quantitative estimate of drug-likeness (QED) is 0.673. The van der Waals surface area contributed by atoms with Crippen molar-refractivity contribution in [3.8, 4) is 0 Å². The topological polar surface area (TPSA) is 0 Å². The van der Waals surface area contributed by atoms with Crippen LogP contribution in [-0.2, 0) is 12.8 Å². The molecule has 0 saturated carbocycles. The van der Waals surface area contributed by atoms with Gasteiger partial charge in [-0.15, -0.1) is 0 Å². The Morgan fingerprint density at radius 3 is 2.63 bits per heavy atom. The zero-order chi connectivity index (χ0) is 13.4. The van der Waals surface area contributed by atoms with Gasteiger partial charge in [0.2, 0.25) is 0 Å². The number of hydrogen-bond acceptors (Lipinski definition) is 0. The molecule has 2 aromatic rings. The summed E-state index contributed by atoms with van der Waals surface area (Å²) in [6.45, 7) is 8.63. The second-order valence-electron chi connectivity index (χ2n) is 5.78. The average molecular weight is 248 g/mol. The fraction of sp³-hybridized carbons (Fsp3) is 0.263. The van der Waals surface area contributed by atoms with E-state index < -0.39 is 0 Å². The molecule has 0 N–H and O–H groups in total. The lowest BCUT2D eigenvalue weighted by atomic mass is 9.90. The summed E-state index contributed by atoms with van der Waals surface area (Å²) in [7, 11) is 0. The van der Waals surface area contributed by atoms with Gasteiger partial charge in [-0.1, -0.05) is 65.7 Å². The van der Waals surface area contributed by atoms with Crippen molar-refractivity contribution in [1.29, 1.82) is 0 Å². The van der Waals surface area contributed by atoms with Gasteiger partial charge in [-0.25, -0.2) is 0 Å². The average Bonchev–Trinajstić information content (AvgIpc) is 2.66. The van der Waals surface area contributed by atoms with Crippen LogP contribution in [0.2, 0.25) is 0 Å². The lowest BCUT2D eigenvalue weighted by Gasteiger charge is -2.14. The maximum absolute atomic E-state index is 4.30. The highest BCUT2D eigenvalue weighted by molar-refractivity contribution is 5.47. The Bertz CT molecular complexity index is 634. The third-order valence-electron chi connectivity index (χ3n) is 4.11. The number of allylic oxidation sites excluding steroid dienone is 1. The molecule has 0 nitrogen and oxygen atoms in total. The highest BCUT2D eigenvalue weighted by Crippen LogP contribution is 2.39. The number of aryl methyl sites for hydroxylation is 2. The molecule has 1 atom stereocenters. The van der Waals surface area contributed by atoms with Crippen molar-refractivity contribution in [3.63, 3.8) is 0 Å². The minimum atomic E-state index is 0.497. The Morgan fingerprint density at radius 2 is 1.84 bits per heavy atom.